The molecule has 4 nitrogen and oxygen atoms in total. The molecule has 0 heterocycles. The molecule has 0 unspecified atom stereocenters. The first-order chi connectivity index (χ1) is 9.90. The number of nitro groups is 1. The fourth-order valence-electron chi connectivity index (χ4n) is 2.24. The third kappa shape index (κ3) is 3.34. The Hall–Kier alpha value is -2.07. The lowest BCUT2D eigenvalue weighted by Crippen LogP contribution is -1.96. The van der Waals surface area contributed by atoms with Crippen LogP contribution >= 0.6 is 11.6 Å². The molecule has 0 amide bonds. The van der Waals surface area contributed by atoms with Gasteiger partial charge in [-0.05, 0) is 48.2 Å². The summed E-state index contributed by atoms with van der Waals surface area (Å²) in [4.78, 5) is 10.5. The molecule has 0 aliphatic rings. The SMILES string of the molecule is Cc1cc(Oc2cccc(Cl)c2[N+](=O)[O-])ccc1C(C)C. The highest BCUT2D eigenvalue weighted by molar-refractivity contribution is 6.32. The van der Waals surface area contributed by atoms with E-state index in [0.29, 0.717) is 11.7 Å². The van der Waals surface area contributed by atoms with Gasteiger partial charge >= 0.3 is 5.69 Å². The lowest BCUT2D eigenvalue weighted by Gasteiger charge is -2.12. The smallest absolute Gasteiger partial charge is 0.329 e. The van der Waals surface area contributed by atoms with Gasteiger partial charge in [-0.15, -0.1) is 0 Å². The molecule has 0 atom stereocenters. The Morgan fingerprint density at radius 1 is 1.24 bits per heavy atom. The van der Waals surface area contributed by atoms with Gasteiger partial charge in [-0.1, -0.05) is 37.6 Å². The number of hydrogen-bond acceptors (Lipinski definition) is 3. The van der Waals surface area contributed by atoms with E-state index < -0.39 is 4.92 Å². The summed E-state index contributed by atoms with van der Waals surface area (Å²) in [5.74, 6) is 1.12. The van der Waals surface area contributed by atoms with Crippen molar-refractivity contribution in [1.82, 2.24) is 0 Å². The van der Waals surface area contributed by atoms with E-state index in [1.54, 1.807) is 6.07 Å². The maximum absolute atomic E-state index is 11.1. The largest absolute Gasteiger partial charge is 0.450 e. The Bertz CT molecular complexity index is 683. The van der Waals surface area contributed by atoms with Gasteiger partial charge in [-0.25, -0.2) is 0 Å². The Morgan fingerprint density at radius 2 is 1.95 bits per heavy atom. The normalized spacial score (nSPS) is 10.7. The molecule has 0 bridgehead atoms. The summed E-state index contributed by atoms with van der Waals surface area (Å²) in [6.45, 7) is 6.23. The van der Waals surface area contributed by atoms with Crippen LogP contribution < -0.4 is 4.74 Å². The van der Waals surface area contributed by atoms with Crippen LogP contribution in [0.3, 0.4) is 0 Å². The van der Waals surface area contributed by atoms with E-state index in [4.69, 9.17) is 16.3 Å². The fourth-order valence-corrected chi connectivity index (χ4v) is 2.48. The van der Waals surface area contributed by atoms with Crippen LogP contribution in [0.5, 0.6) is 11.5 Å². The average molecular weight is 306 g/mol. The molecule has 0 saturated carbocycles. The predicted molar refractivity (Wildman–Crippen MR) is 83.4 cm³/mol. The van der Waals surface area contributed by atoms with Gasteiger partial charge in [0.1, 0.15) is 10.8 Å². The summed E-state index contributed by atoms with van der Waals surface area (Å²) in [7, 11) is 0. The monoisotopic (exact) mass is 305 g/mol. The molecule has 2 aromatic rings. The molecule has 0 N–H and O–H groups in total. The molecule has 0 radical (unpaired) electrons. The van der Waals surface area contributed by atoms with Gasteiger partial charge in [0.25, 0.3) is 0 Å². The highest BCUT2D eigenvalue weighted by atomic mass is 35.5. The van der Waals surface area contributed by atoms with Crippen LogP contribution in [0.15, 0.2) is 36.4 Å². The molecule has 0 aromatic heterocycles. The number of nitro benzene ring substituents is 1. The number of ether oxygens (including phenoxy) is 1. The van der Waals surface area contributed by atoms with Crippen molar-refractivity contribution in [2.24, 2.45) is 0 Å². The number of benzene rings is 2. The Kier molecular flexibility index (Phi) is 4.48. The molecule has 21 heavy (non-hydrogen) atoms. The van der Waals surface area contributed by atoms with Crippen LogP contribution in [0.1, 0.15) is 30.9 Å². The molecule has 2 rings (SSSR count). The van der Waals surface area contributed by atoms with E-state index in [-0.39, 0.29) is 16.5 Å². The zero-order valence-electron chi connectivity index (χ0n) is 12.1. The standard InChI is InChI=1S/C16H16ClNO3/c1-10(2)13-8-7-12(9-11(13)3)21-15-6-4-5-14(17)16(15)18(19)20/h4-10H,1-3H3. The molecule has 5 heteroatoms. The van der Waals surface area contributed by atoms with Gasteiger partial charge in [-0.3, -0.25) is 10.1 Å². The van der Waals surface area contributed by atoms with E-state index in [1.165, 1.54) is 17.7 Å². The topological polar surface area (TPSA) is 52.4 Å². The molecule has 0 spiro atoms. The number of nitrogens with zero attached hydrogens (tertiary/aromatic N) is 1. The number of rotatable bonds is 4. The van der Waals surface area contributed by atoms with Crippen molar-refractivity contribution in [2.45, 2.75) is 26.7 Å². The number of aryl methyl sites for hydroxylation is 1. The number of para-hydroxylation sites is 1. The highest BCUT2D eigenvalue weighted by Crippen LogP contribution is 2.37. The summed E-state index contributed by atoms with van der Waals surface area (Å²) in [5, 5.41) is 11.1. The Morgan fingerprint density at radius 3 is 2.52 bits per heavy atom. The third-order valence-electron chi connectivity index (χ3n) is 3.22. The zero-order chi connectivity index (χ0) is 15.6. The molecule has 0 saturated heterocycles. The van der Waals surface area contributed by atoms with Crippen LogP contribution in [-0.4, -0.2) is 4.92 Å². The summed E-state index contributed by atoms with van der Waals surface area (Å²) < 4.78 is 5.64. The van der Waals surface area contributed by atoms with Gasteiger partial charge < -0.3 is 4.74 Å². The molecule has 2 aromatic carbocycles. The van der Waals surface area contributed by atoms with Crippen molar-refractivity contribution in [3.05, 3.63) is 62.7 Å². The predicted octanol–water partition coefficient (Wildman–Crippen LogP) is 5.47. The van der Waals surface area contributed by atoms with E-state index in [0.717, 1.165) is 5.56 Å². The summed E-state index contributed by atoms with van der Waals surface area (Å²) in [6.07, 6.45) is 0. The number of halogens is 1. The summed E-state index contributed by atoms with van der Waals surface area (Å²) in [5.41, 5.74) is 2.10. The quantitative estimate of drug-likeness (QED) is 0.555. The van der Waals surface area contributed by atoms with Crippen LogP contribution in [0.25, 0.3) is 0 Å². The summed E-state index contributed by atoms with van der Waals surface area (Å²) >= 11 is 5.87. The first kappa shape index (κ1) is 15.3. The second-order valence-corrected chi connectivity index (χ2v) is 5.53. The lowest BCUT2D eigenvalue weighted by molar-refractivity contribution is -0.385. The molecular formula is C16H16ClNO3. The second kappa shape index (κ2) is 6.14. The maximum Gasteiger partial charge on any atom is 0.329 e. The third-order valence-corrected chi connectivity index (χ3v) is 3.53. The van der Waals surface area contributed by atoms with Crippen molar-refractivity contribution < 1.29 is 9.66 Å². The first-order valence-corrected chi connectivity index (χ1v) is 6.99. The molecule has 0 aliphatic carbocycles. The van der Waals surface area contributed by atoms with Gasteiger partial charge in [0.05, 0.1) is 4.92 Å². The average Bonchev–Trinajstić information content (AvgIpc) is 2.37. The van der Waals surface area contributed by atoms with Crippen LogP contribution in [0.4, 0.5) is 5.69 Å². The van der Waals surface area contributed by atoms with Crippen molar-refractivity contribution in [2.75, 3.05) is 0 Å². The zero-order valence-corrected chi connectivity index (χ0v) is 12.8. The van der Waals surface area contributed by atoms with Crippen LogP contribution in [-0.2, 0) is 0 Å². The van der Waals surface area contributed by atoms with Crippen molar-refractivity contribution in [1.29, 1.82) is 0 Å². The van der Waals surface area contributed by atoms with Gasteiger partial charge in [-0.2, -0.15) is 0 Å². The Labute approximate surface area is 128 Å². The fraction of sp³-hybridized carbons (Fsp3) is 0.250. The Balaban J connectivity index is 2.37. The van der Waals surface area contributed by atoms with Crippen LogP contribution in [0, 0.1) is 17.0 Å². The molecule has 110 valence electrons. The maximum atomic E-state index is 11.1. The van der Waals surface area contributed by atoms with Crippen molar-refractivity contribution in [3.63, 3.8) is 0 Å². The molecule has 0 aliphatic heterocycles. The van der Waals surface area contributed by atoms with E-state index in [2.05, 4.69) is 13.8 Å². The number of hydrogen-bond donors (Lipinski definition) is 0. The summed E-state index contributed by atoms with van der Waals surface area (Å²) in [6, 6.07) is 10.3. The second-order valence-electron chi connectivity index (χ2n) is 5.12. The van der Waals surface area contributed by atoms with E-state index >= 15 is 0 Å². The van der Waals surface area contributed by atoms with E-state index in [9.17, 15) is 10.1 Å². The molecular weight excluding hydrogens is 290 g/mol. The molecule has 0 fully saturated rings. The van der Waals surface area contributed by atoms with Crippen molar-refractivity contribution in [3.8, 4) is 11.5 Å². The highest BCUT2D eigenvalue weighted by Gasteiger charge is 2.20. The van der Waals surface area contributed by atoms with Gasteiger partial charge in [0.15, 0.2) is 0 Å². The van der Waals surface area contributed by atoms with Crippen LogP contribution in [0.2, 0.25) is 5.02 Å². The van der Waals surface area contributed by atoms with Gasteiger partial charge in [0.2, 0.25) is 5.75 Å². The van der Waals surface area contributed by atoms with E-state index in [1.807, 2.05) is 25.1 Å². The first-order valence-electron chi connectivity index (χ1n) is 6.61. The minimum absolute atomic E-state index is 0.0630. The van der Waals surface area contributed by atoms with Gasteiger partial charge in [0, 0.05) is 0 Å². The minimum Gasteiger partial charge on any atom is -0.450 e. The lowest BCUT2D eigenvalue weighted by atomic mass is 9.98. The van der Waals surface area contributed by atoms with Crippen molar-refractivity contribution >= 4 is 17.3 Å². The minimum atomic E-state index is -0.535.